The number of aliphatic hydroxyl groups is 1. The van der Waals surface area contributed by atoms with Crippen LogP contribution in [0.25, 0.3) is 5.57 Å². The van der Waals surface area contributed by atoms with Gasteiger partial charge in [-0.3, -0.25) is 4.79 Å². The number of fused-ring (bicyclic) bond motifs is 2. The third kappa shape index (κ3) is 9.01. The fourth-order valence-corrected chi connectivity index (χ4v) is 8.00. The van der Waals surface area contributed by atoms with Gasteiger partial charge in [0.2, 0.25) is 10.0 Å². The first-order valence-corrected chi connectivity index (χ1v) is 18.4. The highest BCUT2D eigenvalue weighted by Crippen LogP contribution is 2.36. The van der Waals surface area contributed by atoms with Crippen LogP contribution in [-0.4, -0.2) is 87.2 Å². The Balaban J connectivity index is 1.38. The van der Waals surface area contributed by atoms with Gasteiger partial charge in [0.05, 0.1) is 41.7 Å². The van der Waals surface area contributed by atoms with Crippen molar-refractivity contribution >= 4 is 33.3 Å². The van der Waals surface area contributed by atoms with Crippen molar-refractivity contribution in [1.82, 2.24) is 14.9 Å². The standard InChI is InChI=1S/C36H50N4O8S/c1-22(2)18-40(49(44,45)25-12-13-28-27(17-25)32(33(42)38-28)23(3)37-21-36(4,5)6)19-30(41)29(16-24-10-8-7-9-11-24)39-35(43)48-31-20-47-34-26(31)14-15-46-34/h7-13,17,22,26,29-31,34,37,41H,14-16,18-21H2,1-6H3,(H,38,42)(H,39,43)/b32-23+. The predicted octanol–water partition coefficient (Wildman–Crippen LogP) is 4.11. The Hall–Kier alpha value is -3.49. The van der Waals surface area contributed by atoms with Crippen molar-refractivity contribution < 1.29 is 37.3 Å². The van der Waals surface area contributed by atoms with Gasteiger partial charge >= 0.3 is 6.09 Å². The minimum absolute atomic E-state index is 0.00160. The molecule has 12 nitrogen and oxygen atoms in total. The minimum atomic E-state index is -4.16. The van der Waals surface area contributed by atoms with E-state index in [4.69, 9.17) is 14.2 Å². The third-order valence-electron chi connectivity index (χ3n) is 8.90. The Kier molecular flexibility index (Phi) is 11.4. The summed E-state index contributed by atoms with van der Waals surface area (Å²) in [6.45, 7) is 13.1. The van der Waals surface area contributed by atoms with Gasteiger partial charge in [0.15, 0.2) is 6.29 Å². The number of carbonyl (C=O) groups excluding carboxylic acids is 2. The van der Waals surface area contributed by atoms with Crippen LogP contribution >= 0.6 is 0 Å². The van der Waals surface area contributed by atoms with Gasteiger partial charge in [-0.05, 0) is 54.9 Å². The van der Waals surface area contributed by atoms with E-state index in [-0.39, 0.29) is 60.5 Å². The number of sulfonamides is 1. The van der Waals surface area contributed by atoms with Crippen LogP contribution in [0.3, 0.4) is 0 Å². The molecule has 5 atom stereocenters. The Labute approximate surface area is 289 Å². The molecule has 3 aliphatic rings. The summed E-state index contributed by atoms with van der Waals surface area (Å²) in [6, 6.07) is 13.1. The van der Waals surface area contributed by atoms with Gasteiger partial charge in [-0.2, -0.15) is 4.31 Å². The molecule has 2 amide bonds. The van der Waals surface area contributed by atoms with Crippen molar-refractivity contribution in [2.24, 2.45) is 17.3 Å². The molecule has 2 aromatic carbocycles. The molecule has 2 aromatic rings. The van der Waals surface area contributed by atoms with Crippen LogP contribution in [0.15, 0.2) is 59.1 Å². The molecule has 268 valence electrons. The predicted molar refractivity (Wildman–Crippen MR) is 186 cm³/mol. The summed E-state index contributed by atoms with van der Waals surface area (Å²) in [6.07, 6.45) is -1.91. The van der Waals surface area contributed by atoms with E-state index in [1.807, 2.05) is 51.1 Å². The number of alkyl carbamates (subject to hydrolysis) is 1. The van der Waals surface area contributed by atoms with Crippen LogP contribution in [0.4, 0.5) is 10.5 Å². The molecule has 0 aliphatic carbocycles. The number of anilines is 1. The second kappa shape index (κ2) is 15.2. The second-order valence-corrected chi connectivity index (χ2v) is 16.7. The van der Waals surface area contributed by atoms with Gasteiger partial charge in [-0.1, -0.05) is 65.0 Å². The van der Waals surface area contributed by atoms with Crippen LogP contribution in [0.5, 0.6) is 0 Å². The number of nitrogens with one attached hydrogen (secondary N) is 3. The molecule has 0 saturated carbocycles. The normalized spacial score (nSPS) is 22.8. The van der Waals surface area contributed by atoms with Crippen LogP contribution in [0, 0.1) is 17.3 Å². The number of aliphatic hydroxyl groups excluding tert-OH is 1. The molecule has 5 unspecified atom stereocenters. The highest BCUT2D eigenvalue weighted by Gasteiger charge is 2.44. The van der Waals surface area contributed by atoms with Crippen molar-refractivity contribution in [1.29, 1.82) is 0 Å². The number of allylic oxidation sites excluding steroid dienone is 1. The molecule has 2 saturated heterocycles. The van der Waals surface area contributed by atoms with Crippen LogP contribution < -0.4 is 16.0 Å². The Bertz CT molecular complexity index is 1640. The number of ether oxygens (including phenoxy) is 3. The summed E-state index contributed by atoms with van der Waals surface area (Å²) in [5.41, 5.74) is 2.88. The van der Waals surface area contributed by atoms with Crippen molar-refractivity contribution in [3.8, 4) is 0 Å². The zero-order valence-corrected chi connectivity index (χ0v) is 30.0. The van der Waals surface area contributed by atoms with E-state index in [9.17, 15) is 23.1 Å². The van der Waals surface area contributed by atoms with E-state index in [1.54, 1.807) is 6.07 Å². The van der Waals surface area contributed by atoms with Crippen molar-refractivity contribution in [3.05, 3.63) is 65.4 Å². The summed E-state index contributed by atoms with van der Waals surface area (Å²) in [7, 11) is -4.16. The lowest BCUT2D eigenvalue weighted by Gasteiger charge is -2.31. The summed E-state index contributed by atoms with van der Waals surface area (Å²) in [5.74, 6) is -0.436. The summed E-state index contributed by atoms with van der Waals surface area (Å²) in [5, 5.41) is 20.6. The zero-order chi connectivity index (χ0) is 35.5. The van der Waals surface area contributed by atoms with E-state index in [0.717, 1.165) is 12.0 Å². The van der Waals surface area contributed by atoms with Crippen molar-refractivity contribution in [2.75, 3.05) is 38.2 Å². The van der Waals surface area contributed by atoms with E-state index in [0.29, 0.717) is 35.7 Å². The molecular weight excluding hydrogens is 648 g/mol. The number of hydrogen-bond acceptors (Lipinski definition) is 9. The van der Waals surface area contributed by atoms with Crippen molar-refractivity contribution in [3.63, 3.8) is 0 Å². The average Bonchev–Trinajstić information content (AvgIpc) is 3.74. The van der Waals surface area contributed by atoms with Gasteiger partial charge in [0, 0.05) is 36.6 Å². The number of nitrogens with zero attached hydrogens (tertiary/aromatic N) is 1. The number of amides is 2. The second-order valence-electron chi connectivity index (χ2n) is 14.8. The number of hydrogen-bond donors (Lipinski definition) is 4. The maximum atomic E-state index is 14.3. The third-order valence-corrected chi connectivity index (χ3v) is 10.7. The zero-order valence-electron chi connectivity index (χ0n) is 29.2. The first-order valence-electron chi connectivity index (χ1n) is 17.0. The SMILES string of the molecule is C/C(NCC(C)(C)C)=C1\C(=O)Nc2ccc(S(=O)(=O)N(CC(C)C)CC(O)C(Cc3ccccc3)NC(=O)OC3COC4OCCC34)cc21. The molecule has 0 bridgehead atoms. The van der Waals surface area contributed by atoms with Crippen LogP contribution in [-0.2, 0) is 35.4 Å². The molecule has 49 heavy (non-hydrogen) atoms. The van der Waals surface area contributed by atoms with Gasteiger partial charge in [0.1, 0.15) is 6.10 Å². The molecule has 0 aromatic heterocycles. The van der Waals surface area contributed by atoms with Gasteiger partial charge in [-0.15, -0.1) is 0 Å². The highest BCUT2D eigenvalue weighted by molar-refractivity contribution is 7.89. The molecule has 3 heterocycles. The molecule has 0 radical (unpaired) electrons. The quantitative estimate of drug-likeness (QED) is 0.226. The summed E-state index contributed by atoms with van der Waals surface area (Å²) in [4.78, 5) is 26.2. The molecule has 13 heteroatoms. The molecule has 0 spiro atoms. The number of benzene rings is 2. The van der Waals surface area contributed by atoms with Crippen molar-refractivity contribution in [2.45, 2.75) is 83.8 Å². The van der Waals surface area contributed by atoms with Crippen LogP contribution in [0.2, 0.25) is 0 Å². The molecule has 3 aliphatic heterocycles. The molecule has 5 rings (SSSR count). The van der Waals surface area contributed by atoms with Crippen LogP contribution in [0.1, 0.15) is 59.1 Å². The summed E-state index contributed by atoms with van der Waals surface area (Å²) >= 11 is 0. The van der Waals surface area contributed by atoms with E-state index < -0.39 is 34.4 Å². The smallest absolute Gasteiger partial charge is 0.407 e. The fourth-order valence-electron chi connectivity index (χ4n) is 6.35. The number of carbonyl (C=O) groups is 2. The van der Waals surface area contributed by atoms with Gasteiger partial charge in [-0.25, -0.2) is 13.2 Å². The monoisotopic (exact) mass is 698 g/mol. The first kappa shape index (κ1) is 36.8. The lowest BCUT2D eigenvalue weighted by atomic mass is 9.96. The maximum absolute atomic E-state index is 14.3. The van der Waals surface area contributed by atoms with Gasteiger partial charge < -0.3 is 35.3 Å². The lowest BCUT2D eigenvalue weighted by Crippen LogP contribution is -2.51. The maximum Gasteiger partial charge on any atom is 0.407 e. The Morgan fingerprint density at radius 3 is 2.55 bits per heavy atom. The lowest BCUT2D eigenvalue weighted by molar-refractivity contribution is -0.110. The first-order chi connectivity index (χ1) is 23.1. The van der Waals surface area contributed by atoms with E-state index in [1.165, 1.54) is 16.4 Å². The van der Waals surface area contributed by atoms with E-state index >= 15 is 0 Å². The van der Waals surface area contributed by atoms with Gasteiger partial charge in [0.25, 0.3) is 5.91 Å². The van der Waals surface area contributed by atoms with E-state index in [2.05, 4.69) is 36.7 Å². The topological polar surface area (TPSA) is 156 Å². The Morgan fingerprint density at radius 1 is 1.12 bits per heavy atom. The summed E-state index contributed by atoms with van der Waals surface area (Å²) < 4.78 is 46.7. The Morgan fingerprint density at radius 2 is 1.86 bits per heavy atom. The minimum Gasteiger partial charge on any atom is -0.443 e. The molecule has 4 N–H and O–H groups in total. The highest BCUT2D eigenvalue weighted by atomic mass is 32.2. The average molecular weight is 699 g/mol. The molecular formula is C36H50N4O8S. The molecule has 2 fully saturated rings. The number of rotatable bonds is 13. The largest absolute Gasteiger partial charge is 0.443 e. The fraction of sp³-hybridized carbons (Fsp3) is 0.556.